The summed E-state index contributed by atoms with van der Waals surface area (Å²) in [6.07, 6.45) is 0. The molecule has 4 nitrogen and oxygen atoms in total. The lowest BCUT2D eigenvalue weighted by Crippen LogP contribution is -2.12. The number of aromatic amines is 1. The van der Waals surface area contributed by atoms with Crippen LogP contribution in [0.25, 0.3) is 5.69 Å². The van der Waals surface area contributed by atoms with Crippen LogP contribution in [-0.2, 0) is 0 Å². The monoisotopic (exact) mass is 333 g/mol. The highest BCUT2D eigenvalue weighted by Gasteiger charge is 2.11. The Kier molecular flexibility index (Phi) is 3.96. The van der Waals surface area contributed by atoms with Crippen LogP contribution in [0.5, 0.6) is 0 Å². The van der Waals surface area contributed by atoms with Gasteiger partial charge < -0.3 is 5.32 Å². The molecule has 1 aromatic heterocycles. The number of rotatable bonds is 3. The number of nitrogens with zero attached hydrogens (tertiary/aromatic N) is 1. The SMILES string of the molecule is Cc1ccc(Cl)c(Nc2cc(=O)n(-c3ccccc3)[nH]2)c1Cl. The lowest BCUT2D eigenvalue weighted by molar-refractivity contribution is 0.853. The van der Waals surface area contributed by atoms with Gasteiger partial charge in [0.25, 0.3) is 5.56 Å². The van der Waals surface area contributed by atoms with Crippen molar-refractivity contribution in [2.45, 2.75) is 6.92 Å². The number of hydrogen-bond donors (Lipinski definition) is 2. The van der Waals surface area contributed by atoms with E-state index in [0.29, 0.717) is 21.6 Å². The lowest BCUT2D eigenvalue weighted by atomic mass is 10.2. The van der Waals surface area contributed by atoms with E-state index >= 15 is 0 Å². The fourth-order valence-electron chi connectivity index (χ4n) is 2.13. The third-order valence-corrected chi connectivity index (χ3v) is 4.08. The highest BCUT2D eigenvalue weighted by Crippen LogP contribution is 2.34. The van der Waals surface area contributed by atoms with Gasteiger partial charge in [-0.1, -0.05) is 47.5 Å². The van der Waals surface area contributed by atoms with Crippen LogP contribution in [0.2, 0.25) is 10.0 Å². The molecule has 0 fully saturated rings. The number of halogens is 2. The van der Waals surface area contributed by atoms with Gasteiger partial charge in [-0.15, -0.1) is 0 Å². The third kappa shape index (κ3) is 2.75. The quantitative estimate of drug-likeness (QED) is 0.740. The summed E-state index contributed by atoms with van der Waals surface area (Å²) >= 11 is 12.4. The Morgan fingerprint density at radius 2 is 1.82 bits per heavy atom. The Morgan fingerprint density at radius 3 is 2.55 bits per heavy atom. The van der Waals surface area contributed by atoms with Gasteiger partial charge in [0, 0.05) is 6.07 Å². The second-order valence-corrected chi connectivity index (χ2v) is 5.64. The lowest BCUT2D eigenvalue weighted by Gasteiger charge is -2.10. The van der Waals surface area contributed by atoms with E-state index in [2.05, 4.69) is 10.4 Å². The van der Waals surface area contributed by atoms with Gasteiger partial charge in [0.15, 0.2) is 0 Å². The smallest absolute Gasteiger partial charge is 0.273 e. The second-order valence-electron chi connectivity index (χ2n) is 4.86. The first-order chi connectivity index (χ1) is 10.6. The summed E-state index contributed by atoms with van der Waals surface area (Å²) < 4.78 is 1.44. The second kappa shape index (κ2) is 5.91. The zero-order valence-corrected chi connectivity index (χ0v) is 13.2. The minimum Gasteiger partial charge on any atom is -0.338 e. The molecule has 0 saturated heterocycles. The number of aryl methyl sites for hydroxylation is 1. The normalized spacial score (nSPS) is 10.7. The van der Waals surface area contributed by atoms with Gasteiger partial charge in [-0.25, -0.2) is 4.68 Å². The molecule has 0 radical (unpaired) electrons. The van der Waals surface area contributed by atoms with Crippen LogP contribution in [0.1, 0.15) is 5.56 Å². The van der Waals surface area contributed by atoms with Crippen LogP contribution in [0, 0.1) is 6.92 Å². The molecule has 2 N–H and O–H groups in total. The fourth-order valence-corrected chi connectivity index (χ4v) is 2.60. The van der Waals surface area contributed by atoms with Gasteiger partial charge in [0.05, 0.1) is 21.4 Å². The van der Waals surface area contributed by atoms with Crippen molar-refractivity contribution in [3.63, 3.8) is 0 Å². The maximum Gasteiger partial charge on any atom is 0.273 e. The number of aromatic nitrogens is 2. The molecule has 0 amide bonds. The molecule has 3 aromatic rings. The summed E-state index contributed by atoms with van der Waals surface area (Å²) in [6.45, 7) is 1.89. The third-order valence-electron chi connectivity index (χ3n) is 3.28. The Balaban J connectivity index is 1.99. The van der Waals surface area contributed by atoms with Crippen molar-refractivity contribution in [2.75, 3.05) is 5.32 Å². The minimum absolute atomic E-state index is 0.173. The first-order valence-electron chi connectivity index (χ1n) is 6.65. The molecule has 0 aliphatic heterocycles. The van der Waals surface area contributed by atoms with Gasteiger partial charge in [0.2, 0.25) is 0 Å². The highest BCUT2D eigenvalue weighted by atomic mass is 35.5. The first kappa shape index (κ1) is 14.8. The van der Waals surface area contributed by atoms with Gasteiger partial charge in [-0.05, 0) is 30.7 Å². The largest absolute Gasteiger partial charge is 0.338 e. The fraction of sp³-hybridized carbons (Fsp3) is 0.0625. The summed E-state index contributed by atoms with van der Waals surface area (Å²) in [5, 5.41) is 7.09. The topological polar surface area (TPSA) is 49.8 Å². The van der Waals surface area contributed by atoms with E-state index in [1.165, 1.54) is 10.7 Å². The van der Waals surface area contributed by atoms with E-state index in [4.69, 9.17) is 23.2 Å². The van der Waals surface area contributed by atoms with E-state index in [1.54, 1.807) is 6.07 Å². The van der Waals surface area contributed by atoms with Crippen LogP contribution in [0.4, 0.5) is 11.5 Å². The molecule has 6 heteroatoms. The molecule has 0 spiro atoms. The predicted molar refractivity (Wildman–Crippen MR) is 90.9 cm³/mol. The van der Waals surface area contributed by atoms with Crippen molar-refractivity contribution in [1.29, 1.82) is 0 Å². The number of nitrogens with one attached hydrogen (secondary N) is 2. The number of hydrogen-bond acceptors (Lipinski definition) is 2. The van der Waals surface area contributed by atoms with Crippen LogP contribution >= 0.6 is 23.2 Å². The maximum atomic E-state index is 12.1. The Labute approximate surface area is 137 Å². The molecule has 0 aliphatic rings. The summed E-state index contributed by atoms with van der Waals surface area (Å²) in [5.74, 6) is 0.517. The molecule has 0 unspecified atom stereocenters. The Bertz CT molecular complexity index is 869. The average molecular weight is 334 g/mol. The summed E-state index contributed by atoms with van der Waals surface area (Å²) in [7, 11) is 0. The van der Waals surface area contributed by atoms with Crippen molar-refractivity contribution in [1.82, 2.24) is 9.78 Å². The van der Waals surface area contributed by atoms with Gasteiger partial charge in [-0.3, -0.25) is 9.89 Å². The summed E-state index contributed by atoms with van der Waals surface area (Å²) in [5.41, 5.74) is 2.05. The van der Waals surface area contributed by atoms with Crippen LogP contribution in [0.15, 0.2) is 53.3 Å². The van der Waals surface area contributed by atoms with Gasteiger partial charge in [0.1, 0.15) is 5.82 Å². The minimum atomic E-state index is -0.173. The molecule has 0 aliphatic carbocycles. The standard InChI is InChI=1S/C16H13Cl2N3O/c1-10-7-8-12(17)16(15(10)18)19-13-9-14(22)21(20-13)11-5-3-2-4-6-11/h2-9,19-20H,1H3. The summed E-state index contributed by atoms with van der Waals surface area (Å²) in [6, 6.07) is 14.4. The average Bonchev–Trinajstić information content (AvgIpc) is 2.89. The van der Waals surface area contributed by atoms with Crippen molar-refractivity contribution < 1.29 is 0 Å². The molecular formula is C16H13Cl2N3O. The molecule has 0 saturated carbocycles. The highest BCUT2D eigenvalue weighted by molar-refractivity contribution is 6.39. The van der Waals surface area contributed by atoms with E-state index < -0.39 is 0 Å². The number of H-pyrrole nitrogens is 1. The van der Waals surface area contributed by atoms with Crippen molar-refractivity contribution in [3.05, 3.63) is 74.5 Å². The zero-order chi connectivity index (χ0) is 15.7. The van der Waals surface area contributed by atoms with Crippen LogP contribution in [-0.4, -0.2) is 9.78 Å². The molecule has 112 valence electrons. The van der Waals surface area contributed by atoms with Crippen LogP contribution in [0.3, 0.4) is 0 Å². The molecule has 1 heterocycles. The van der Waals surface area contributed by atoms with Crippen LogP contribution < -0.4 is 10.9 Å². The predicted octanol–water partition coefficient (Wildman–Crippen LogP) is 4.52. The first-order valence-corrected chi connectivity index (χ1v) is 7.41. The molecule has 3 rings (SSSR count). The molecule has 0 atom stereocenters. The van der Waals surface area contributed by atoms with Crippen molar-refractivity contribution >= 4 is 34.7 Å². The molecular weight excluding hydrogens is 321 g/mol. The van der Waals surface area contributed by atoms with E-state index in [0.717, 1.165) is 11.3 Å². The zero-order valence-electron chi connectivity index (χ0n) is 11.7. The van der Waals surface area contributed by atoms with Crippen molar-refractivity contribution in [3.8, 4) is 5.69 Å². The Hall–Kier alpha value is -2.17. The van der Waals surface area contributed by atoms with Gasteiger partial charge >= 0.3 is 0 Å². The number of anilines is 2. The van der Waals surface area contributed by atoms with Crippen molar-refractivity contribution in [2.24, 2.45) is 0 Å². The molecule has 0 bridgehead atoms. The summed E-state index contributed by atoms with van der Waals surface area (Å²) in [4.78, 5) is 12.1. The number of para-hydroxylation sites is 1. The van der Waals surface area contributed by atoms with E-state index in [-0.39, 0.29) is 5.56 Å². The maximum absolute atomic E-state index is 12.1. The van der Waals surface area contributed by atoms with E-state index in [1.807, 2.05) is 43.3 Å². The number of benzene rings is 2. The molecule has 22 heavy (non-hydrogen) atoms. The molecule has 2 aromatic carbocycles. The van der Waals surface area contributed by atoms with Gasteiger partial charge in [-0.2, -0.15) is 0 Å². The van der Waals surface area contributed by atoms with E-state index in [9.17, 15) is 4.79 Å². The Morgan fingerprint density at radius 1 is 1.09 bits per heavy atom.